The van der Waals surface area contributed by atoms with Crippen molar-refractivity contribution < 1.29 is 14.7 Å². The maximum absolute atomic E-state index is 12.5. The van der Waals surface area contributed by atoms with E-state index in [0.29, 0.717) is 15.5 Å². The molecule has 24 heavy (non-hydrogen) atoms. The second-order valence-corrected chi connectivity index (χ2v) is 7.78. The van der Waals surface area contributed by atoms with Gasteiger partial charge in [0.1, 0.15) is 5.75 Å². The second-order valence-electron chi connectivity index (χ2n) is 5.10. The summed E-state index contributed by atoms with van der Waals surface area (Å²) in [5.41, 5.74) is 1.29. The molecule has 7 heteroatoms. The molecule has 0 atom stereocenters. The van der Waals surface area contributed by atoms with E-state index in [1.165, 1.54) is 4.90 Å². The summed E-state index contributed by atoms with van der Waals surface area (Å²) in [5, 5.41) is 10.1. The third-order valence-corrected chi connectivity index (χ3v) is 5.19. The van der Waals surface area contributed by atoms with Crippen molar-refractivity contribution in [2.45, 2.75) is 6.54 Å². The van der Waals surface area contributed by atoms with E-state index < -0.39 is 0 Å². The smallest absolute Gasteiger partial charge is 0.293 e. The number of imide groups is 1. The van der Waals surface area contributed by atoms with Gasteiger partial charge < -0.3 is 5.11 Å². The monoisotopic (exact) mass is 471 g/mol. The number of hydrogen-bond acceptors (Lipinski definition) is 4. The van der Waals surface area contributed by atoms with E-state index in [2.05, 4.69) is 22.6 Å². The predicted molar refractivity (Wildman–Crippen MR) is 104 cm³/mol. The zero-order chi connectivity index (χ0) is 17.3. The number of nitrogens with zero attached hydrogens (tertiary/aromatic N) is 1. The summed E-state index contributed by atoms with van der Waals surface area (Å²) in [6.45, 7) is 0.168. The van der Waals surface area contributed by atoms with Crippen LogP contribution in [0.3, 0.4) is 0 Å². The van der Waals surface area contributed by atoms with E-state index in [1.807, 2.05) is 6.07 Å². The normalized spacial score (nSPS) is 16.2. The Bertz CT molecular complexity index is 869. The van der Waals surface area contributed by atoms with E-state index in [4.69, 9.17) is 11.6 Å². The van der Waals surface area contributed by atoms with Crippen LogP contribution in [0.1, 0.15) is 11.1 Å². The van der Waals surface area contributed by atoms with Gasteiger partial charge in [0.2, 0.25) is 0 Å². The molecule has 1 aliphatic heterocycles. The van der Waals surface area contributed by atoms with Gasteiger partial charge in [0, 0.05) is 14.2 Å². The minimum atomic E-state index is -0.372. The maximum atomic E-state index is 12.5. The Hall–Kier alpha value is -1.51. The zero-order valence-corrected chi connectivity index (χ0v) is 15.9. The molecule has 3 rings (SSSR count). The van der Waals surface area contributed by atoms with E-state index >= 15 is 0 Å². The van der Waals surface area contributed by atoms with Gasteiger partial charge in [-0.2, -0.15) is 0 Å². The van der Waals surface area contributed by atoms with Gasteiger partial charge in [0.25, 0.3) is 11.1 Å². The highest BCUT2D eigenvalue weighted by molar-refractivity contribution is 14.1. The van der Waals surface area contributed by atoms with Crippen molar-refractivity contribution >= 4 is 63.2 Å². The Kier molecular flexibility index (Phi) is 5.17. The minimum absolute atomic E-state index is 0.0667. The lowest BCUT2D eigenvalue weighted by atomic mass is 10.2. The van der Waals surface area contributed by atoms with Crippen LogP contribution >= 0.6 is 46.0 Å². The Morgan fingerprint density at radius 2 is 2.00 bits per heavy atom. The first-order chi connectivity index (χ1) is 11.4. The average molecular weight is 472 g/mol. The molecule has 2 amide bonds. The number of hydrogen-bond donors (Lipinski definition) is 1. The number of phenols is 1. The number of rotatable bonds is 3. The predicted octanol–water partition coefficient (Wildman–Crippen LogP) is 4.89. The van der Waals surface area contributed by atoms with Crippen molar-refractivity contribution in [2.75, 3.05) is 0 Å². The molecule has 1 saturated heterocycles. The molecule has 0 aliphatic carbocycles. The van der Waals surface area contributed by atoms with Crippen LogP contribution in [0.15, 0.2) is 47.4 Å². The molecule has 122 valence electrons. The topological polar surface area (TPSA) is 57.6 Å². The van der Waals surface area contributed by atoms with Gasteiger partial charge in [-0.1, -0.05) is 23.7 Å². The molecule has 1 fully saturated rings. The fraction of sp³-hybridized carbons (Fsp3) is 0.0588. The molecule has 0 radical (unpaired) electrons. The number of amides is 2. The summed E-state index contributed by atoms with van der Waals surface area (Å²) < 4.78 is 0.926. The summed E-state index contributed by atoms with van der Waals surface area (Å²) in [4.78, 5) is 26.1. The number of halogens is 2. The molecule has 1 N–H and O–H groups in total. The van der Waals surface area contributed by atoms with Crippen molar-refractivity contribution in [3.8, 4) is 5.75 Å². The first-order valence-electron chi connectivity index (χ1n) is 6.92. The van der Waals surface area contributed by atoms with Gasteiger partial charge in [-0.25, -0.2) is 0 Å². The molecular formula is C17H11ClINO3S. The van der Waals surface area contributed by atoms with Gasteiger partial charge in [-0.05, 0) is 76.3 Å². The van der Waals surface area contributed by atoms with Crippen LogP contribution < -0.4 is 0 Å². The van der Waals surface area contributed by atoms with Crippen LogP contribution in [-0.4, -0.2) is 21.2 Å². The van der Waals surface area contributed by atoms with Crippen molar-refractivity contribution in [3.63, 3.8) is 0 Å². The molecule has 2 aromatic carbocycles. The second kappa shape index (κ2) is 7.16. The van der Waals surface area contributed by atoms with Crippen molar-refractivity contribution in [3.05, 3.63) is 67.1 Å². The Morgan fingerprint density at radius 3 is 2.75 bits per heavy atom. The van der Waals surface area contributed by atoms with Crippen LogP contribution in [0.5, 0.6) is 5.75 Å². The zero-order valence-electron chi connectivity index (χ0n) is 12.2. The third kappa shape index (κ3) is 3.76. The lowest BCUT2D eigenvalue weighted by molar-refractivity contribution is -0.123. The highest BCUT2D eigenvalue weighted by Crippen LogP contribution is 2.35. The van der Waals surface area contributed by atoms with Crippen molar-refractivity contribution in [1.82, 2.24) is 4.90 Å². The summed E-state index contributed by atoms with van der Waals surface area (Å²) in [5.74, 6) is -0.305. The van der Waals surface area contributed by atoms with Gasteiger partial charge >= 0.3 is 0 Å². The van der Waals surface area contributed by atoms with E-state index in [-0.39, 0.29) is 23.4 Å². The Balaban J connectivity index is 1.86. The lowest BCUT2D eigenvalue weighted by Gasteiger charge is -2.12. The van der Waals surface area contributed by atoms with Crippen LogP contribution in [-0.2, 0) is 11.3 Å². The highest BCUT2D eigenvalue weighted by Gasteiger charge is 2.35. The molecule has 0 saturated carbocycles. The van der Waals surface area contributed by atoms with Crippen LogP contribution in [0.4, 0.5) is 4.79 Å². The first kappa shape index (κ1) is 17.3. The summed E-state index contributed by atoms with van der Waals surface area (Å²) in [6, 6.07) is 12.1. The van der Waals surface area contributed by atoms with Gasteiger partial charge in [0.15, 0.2) is 0 Å². The summed E-state index contributed by atoms with van der Waals surface area (Å²) in [7, 11) is 0. The third-order valence-electron chi connectivity index (χ3n) is 3.38. The molecule has 1 heterocycles. The van der Waals surface area contributed by atoms with E-state index in [9.17, 15) is 14.7 Å². The molecule has 0 spiro atoms. The van der Waals surface area contributed by atoms with Gasteiger partial charge in [0.05, 0.1) is 11.4 Å². The molecule has 1 aliphatic rings. The van der Waals surface area contributed by atoms with Crippen LogP contribution in [0.2, 0.25) is 5.02 Å². The Labute approximate surface area is 161 Å². The number of benzene rings is 2. The van der Waals surface area contributed by atoms with Crippen LogP contribution in [0.25, 0.3) is 6.08 Å². The maximum Gasteiger partial charge on any atom is 0.293 e. The van der Waals surface area contributed by atoms with Crippen molar-refractivity contribution in [1.29, 1.82) is 0 Å². The first-order valence-corrected chi connectivity index (χ1v) is 9.20. The summed E-state index contributed by atoms with van der Waals surface area (Å²) >= 11 is 8.92. The molecule has 0 bridgehead atoms. The van der Waals surface area contributed by atoms with E-state index in [1.54, 1.807) is 42.5 Å². The summed E-state index contributed by atoms with van der Waals surface area (Å²) in [6.07, 6.45) is 1.54. The molecule has 0 aromatic heterocycles. The molecular weight excluding hydrogens is 461 g/mol. The number of aromatic hydroxyl groups is 1. The largest absolute Gasteiger partial charge is 0.507 e. The van der Waals surface area contributed by atoms with Crippen LogP contribution in [0, 0.1) is 3.57 Å². The quantitative estimate of drug-likeness (QED) is 0.512. The average Bonchev–Trinajstić information content (AvgIpc) is 2.79. The van der Waals surface area contributed by atoms with E-state index in [0.717, 1.165) is 20.9 Å². The fourth-order valence-electron chi connectivity index (χ4n) is 2.24. The highest BCUT2D eigenvalue weighted by atomic mass is 127. The van der Waals surface area contributed by atoms with Gasteiger partial charge in [-0.3, -0.25) is 14.5 Å². The van der Waals surface area contributed by atoms with Crippen molar-refractivity contribution in [2.24, 2.45) is 0 Å². The van der Waals surface area contributed by atoms with Gasteiger partial charge in [-0.15, -0.1) is 0 Å². The fourth-order valence-corrected chi connectivity index (χ4v) is 3.79. The SMILES string of the molecule is O=C1S/C(=C\c2cc(I)ccc2O)C(=O)N1Cc1cccc(Cl)c1. The number of carbonyl (C=O) groups is 2. The molecule has 2 aromatic rings. The standard InChI is InChI=1S/C17H11ClINO3S/c18-12-3-1-2-10(6-12)9-20-16(22)15(24-17(20)23)8-11-7-13(19)4-5-14(11)21/h1-8,21H,9H2/b15-8-. The molecule has 0 unspecified atom stereocenters. The molecule has 4 nitrogen and oxygen atoms in total. The number of phenolic OH excluding ortho intramolecular Hbond substituents is 1. The minimum Gasteiger partial charge on any atom is -0.507 e. The Morgan fingerprint density at radius 1 is 1.21 bits per heavy atom. The lowest BCUT2D eigenvalue weighted by Crippen LogP contribution is -2.27. The number of thioether (sulfide) groups is 1. The number of carbonyl (C=O) groups excluding carboxylic acids is 2.